The summed E-state index contributed by atoms with van der Waals surface area (Å²) >= 11 is 0. The Morgan fingerprint density at radius 2 is 2.12 bits per heavy atom. The third kappa shape index (κ3) is 3.59. The number of pyridine rings is 2. The first-order chi connectivity index (χ1) is 12.7. The van der Waals surface area contributed by atoms with Crippen LogP contribution < -0.4 is 9.64 Å². The Labute approximate surface area is 153 Å². The molecule has 0 bridgehead atoms. The lowest BCUT2D eigenvalue weighted by atomic mass is 9.99. The van der Waals surface area contributed by atoms with Crippen molar-refractivity contribution in [3.63, 3.8) is 0 Å². The second-order valence-corrected chi connectivity index (χ2v) is 6.93. The smallest absolute Gasteiger partial charge is 0.232 e. The van der Waals surface area contributed by atoms with Crippen molar-refractivity contribution < 1.29 is 4.74 Å². The standard InChI is InChI=1S/C20H23N5O/c1-14-10-15(2)23-20-17(14)5-6-18(24-20)25-9-3-4-16(12-25)13-26-19-11-21-7-8-22-19/h5-8,10-11,16H,3-4,9,12-13H2,1-2H3. The molecule has 1 saturated heterocycles. The molecule has 3 aromatic heterocycles. The van der Waals surface area contributed by atoms with Crippen LogP contribution in [0.4, 0.5) is 5.82 Å². The van der Waals surface area contributed by atoms with E-state index in [0.29, 0.717) is 18.4 Å². The summed E-state index contributed by atoms with van der Waals surface area (Å²) in [6.07, 6.45) is 7.24. The van der Waals surface area contributed by atoms with Gasteiger partial charge in [-0.25, -0.2) is 15.0 Å². The highest BCUT2D eigenvalue weighted by molar-refractivity contribution is 5.80. The average Bonchev–Trinajstić information content (AvgIpc) is 2.67. The molecule has 0 N–H and O–H groups in total. The molecule has 0 radical (unpaired) electrons. The Bertz CT molecular complexity index is 899. The molecule has 4 heterocycles. The van der Waals surface area contributed by atoms with Gasteiger partial charge < -0.3 is 9.64 Å². The normalized spacial score (nSPS) is 17.5. The van der Waals surface area contributed by atoms with Crippen molar-refractivity contribution in [1.82, 2.24) is 19.9 Å². The van der Waals surface area contributed by atoms with Crippen molar-refractivity contribution in [2.24, 2.45) is 5.92 Å². The molecule has 26 heavy (non-hydrogen) atoms. The predicted octanol–water partition coefficient (Wildman–Crippen LogP) is 3.33. The lowest BCUT2D eigenvalue weighted by molar-refractivity contribution is 0.221. The summed E-state index contributed by atoms with van der Waals surface area (Å²) in [6.45, 7) is 6.73. The van der Waals surface area contributed by atoms with Crippen LogP contribution in [0.25, 0.3) is 11.0 Å². The second-order valence-electron chi connectivity index (χ2n) is 6.93. The van der Waals surface area contributed by atoms with E-state index in [1.54, 1.807) is 18.6 Å². The van der Waals surface area contributed by atoms with E-state index >= 15 is 0 Å². The van der Waals surface area contributed by atoms with Crippen LogP contribution in [0.15, 0.2) is 36.8 Å². The minimum Gasteiger partial charge on any atom is -0.476 e. The number of fused-ring (bicyclic) bond motifs is 1. The fourth-order valence-corrected chi connectivity index (χ4v) is 3.57. The van der Waals surface area contributed by atoms with Gasteiger partial charge in [-0.05, 0) is 50.5 Å². The molecular formula is C20H23N5O. The summed E-state index contributed by atoms with van der Waals surface area (Å²) in [5.41, 5.74) is 3.06. The molecule has 4 rings (SSSR count). The molecule has 6 nitrogen and oxygen atoms in total. The molecule has 1 atom stereocenters. The third-order valence-corrected chi connectivity index (χ3v) is 4.84. The van der Waals surface area contributed by atoms with Gasteiger partial charge in [0, 0.05) is 42.5 Å². The van der Waals surface area contributed by atoms with E-state index in [-0.39, 0.29) is 0 Å². The minimum absolute atomic E-state index is 0.454. The monoisotopic (exact) mass is 349 g/mol. The number of hydrogen-bond acceptors (Lipinski definition) is 6. The van der Waals surface area contributed by atoms with E-state index in [1.807, 2.05) is 6.92 Å². The van der Waals surface area contributed by atoms with Gasteiger partial charge >= 0.3 is 0 Å². The van der Waals surface area contributed by atoms with Crippen molar-refractivity contribution in [2.75, 3.05) is 24.6 Å². The summed E-state index contributed by atoms with van der Waals surface area (Å²) < 4.78 is 5.80. The number of nitrogens with zero attached hydrogens (tertiary/aromatic N) is 5. The van der Waals surface area contributed by atoms with Crippen LogP contribution in [0.3, 0.4) is 0 Å². The Morgan fingerprint density at radius 1 is 1.19 bits per heavy atom. The van der Waals surface area contributed by atoms with Crippen LogP contribution in [-0.4, -0.2) is 39.6 Å². The average molecular weight is 349 g/mol. The zero-order valence-electron chi connectivity index (χ0n) is 15.2. The minimum atomic E-state index is 0.454. The van der Waals surface area contributed by atoms with Crippen LogP contribution in [0.5, 0.6) is 5.88 Å². The number of rotatable bonds is 4. The van der Waals surface area contributed by atoms with Crippen LogP contribution in [0.2, 0.25) is 0 Å². The van der Waals surface area contributed by atoms with Gasteiger partial charge in [0.05, 0.1) is 12.8 Å². The van der Waals surface area contributed by atoms with Crippen LogP contribution in [0.1, 0.15) is 24.1 Å². The number of aryl methyl sites for hydroxylation is 2. The van der Waals surface area contributed by atoms with Crippen molar-refractivity contribution in [3.05, 3.63) is 48.0 Å². The largest absolute Gasteiger partial charge is 0.476 e. The fraction of sp³-hybridized carbons (Fsp3) is 0.400. The molecule has 134 valence electrons. The highest BCUT2D eigenvalue weighted by Crippen LogP contribution is 2.25. The van der Waals surface area contributed by atoms with Gasteiger partial charge in [-0.2, -0.15) is 0 Å². The molecule has 0 amide bonds. The van der Waals surface area contributed by atoms with E-state index in [1.165, 1.54) is 5.56 Å². The summed E-state index contributed by atoms with van der Waals surface area (Å²) in [6, 6.07) is 6.35. The first kappa shape index (κ1) is 16.7. The Kier molecular flexibility index (Phi) is 4.65. The van der Waals surface area contributed by atoms with Gasteiger partial charge in [-0.15, -0.1) is 0 Å². The quantitative estimate of drug-likeness (QED) is 0.720. The molecular weight excluding hydrogens is 326 g/mol. The maximum Gasteiger partial charge on any atom is 0.232 e. The number of piperidine rings is 1. The zero-order valence-corrected chi connectivity index (χ0v) is 15.2. The highest BCUT2D eigenvalue weighted by Gasteiger charge is 2.22. The van der Waals surface area contributed by atoms with Crippen molar-refractivity contribution in [1.29, 1.82) is 0 Å². The topological polar surface area (TPSA) is 64.0 Å². The van der Waals surface area contributed by atoms with E-state index in [4.69, 9.17) is 9.72 Å². The first-order valence-electron chi connectivity index (χ1n) is 9.08. The van der Waals surface area contributed by atoms with Crippen LogP contribution in [0, 0.1) is 19.8 Å². The van der Waals surface area contributed by atoms with E-state index in [9.17, 15) is 0 Å². The molecule has 0 spiro atoms. The number of ether oxygens (including phenoxy) is 1. The lowest BCUT2D eigenvalue weighted by Gasteiger charge is -2.33. The highest BCUT2D eigenvalue weighted by atomic mass is 16.5. The third-order valence-electron chi connectivity index (χ3n) is 4.84. The van der Waals surface area contributed by atoms with Crippen LogP contribution >= 0.6 is 0 Å². The van der Waals surface area contributed by atoms with Gasteiger partial charge in [-0.3, -0.25) is 4.98 Å². The summed E-state index contributed by atoms with van der Waals surface area (Å²) in [4.78, 5) is 20.0. The summed E-state index contributed by atoms with van der Waals surface area (Å²) in [5.74, 6) is 2.04. The second kappa shape index (κ2) is 7.23. The molecule has 1 aliphatic heterocycles. The first-order valence-corrected chi connectivity index (χ1v) is 9.08. The van der Waals surface area contributed by atoms with E-state index < -0.39 is 0 Å². The summed E-state index contributed by atoms with van der Waals surface area (Å²) in [7, 11) is 0. The number of anilines is 1. The molecule has 1 fully saturated rings. The van der Waals surface area contributed by atoms with E-state index in [2.05, 4.69) is 45.0 Å². The molecule has 1 unspecified atom stereocenters. The molecule has 1 aliphatic rings. The van der Waals surface area contributed by atoms with Crippen LogP contribution in [-0.2, 0) is 0 Å². The van der Waals surface area contributed by atoms with Crippen molar-refractivity contribution in [2.45, 2.75) is 26.7 Å². The fourth-order valence-electron chi connectivity index (χ4n) is 3.57. The van der Waals surface area contributed by atoms with Gasteiger partial charge in [-0.1, -0.05) is 0 Å². The molecule has 0 aromatic carbocycles. The van der Waals surface area contributed by atoms with Gasteiger partial charge in [0.2, 0.25) is 5.88 Å². The SMILES string of the molecule is Cc1cc(C)c2ccc(N3CCCC(COc4cnccn4)C3)nc2n1. The van der Waals surface area contributed by atoms with Gasteiger partial charge in [0.25, 0.3) is 0 Å². The Balaban J connectivity index is 1.48. The molecule has 6 heteroatoms. The number of hydrogen-bond donors (Lipinski definition) is 0. The van der Waals surface area contributed by atoms with E-state index in [0.717, 1.165) is 48.5 Å². The number of aromatic nitrogens is 4. The zero-order chi connectivity index (χ0) is 17.9. The van der Waals surface area contributed by atoms with Crippen molar-refractivity contribution >= 4 is 16.9 Å². The maximum atomic E-state index is 5.80. The van der Waals surface area contributed by atoms with Gasteiger partial charge in [0.15, 0.2) is 5.65 Å². The molecule has 0 saturated carbocycles. The predicted molar refractivity (Wildman–Crippen MR) is 101 cm³/mol. The Hall–Kier alpha value is -2.76. The molecule has 0 aliphatic carbocycles. The molecule has 3 aromatic rings. The maximum absolute atomic E-state index is 5.80. The lowest BCUT2D eigenvalue weighted by Crippen LogP contribution is -2.38. The Morgan fingerprint density at radius 3 is 2.96 bits per heavy atom. The summed E-state index contributed by atoms with van der Waals surface area (Å²) in [5, 5.41) is 1.12. The van der Waals surface area contributed by atoms with Gasteiger partial charge in [0.1, 0.15) is 5.82 Å². The van der Waals surface area contributed by atoms with Crippen molar-refractivity contribution in [3.8, 4) is 5.88 Å².